The van der Waals surface area contributed by atoms with Gasteiger partial charge in [-0.25, -0.2) is 32.5 Å². The number of imidazole rings is 1. The van der Waals surface area contributed by atoms with Crippen LogP contribution < -0.4 is 21.1 Å². The van der Waals surface area contributed by atoms with Gasteiger partial charge in [0, 0.05) is 24.7 Å². The number of pyridine rings is 1. The van der Waals surface area contributed by atoms with E-state index in [0.717, 1.165) is 12.1 Å². The highest BCUT2D eigenvalue weighted by Crippen LogP contribution is 2.48. The number of aliphatic hydroxyl groups is 1. The average molecular weight is 683 g/mol. The van der Waals surface area contributed by atoms with Gasteiger partial charge in [-0.05, 0) is 44.4 Å². The van der Waals surface area contributed by atoms with Crippen molar-refractivity contribution in [1.82, 2.24) is 24.5 Å². The number of piperidine rings is 1. The summed E-state index contributed by atoms with van der Waals surface area (Å²) in [7, 11) is -3.70. The van der Waals surface area contributed by atoms with Gasteiger partial charge in [0.15, 0.2) is 29.4 Å². The molecule has 2 atom stereocenters. The molecule has 0 saturated carbocycles. The Balaban J connectivity index is 1.52. The normalized spacial score (nSPS) is 17.9. The van der Waals surface area contributed by atoms with Crippen LogP contribution >= 0.6 is 7.60 Å². The lowest BCUT2D eigenvalue weighted by molar-refractivity contribution is -0.0529. The van der Waals surface area contributed by atoms with E-state index < -0.39 is 49.4 Å². The number of nitrogens with zero attached hydrogens (tertiary/aromatic N) is 6. The van der Waals surface area contributed by atoms with E-state index >= 15 is 8.78 Å². The maximum Gasteiger partial charge on any atom is 0.367 e. The smallest absolute Gasteiger partial charge is 0.367 e. The Labute approximate surface area is 267 Å². The molecule has 0 spiro atoms. The number of alkyl halides is 2. The zero-order valence-corrected chi connectivity index (χ0v) is 26.5. The molecule has 13 nitrogen and oxygen atoms in total. The molecule has 5 rings (SSSR count). The van der Waals surface area contributed by atoms with Crippen molar-refractivity contribution in [3.63, 3.8) is 0 Å². The highest BCUT2D eigenvalue weighted by atomic mass is 31.2. The number of hydrogen-bond donors (Lipinski definition) is 3. The van der Waals surface area contributed by atoms with Gasteiger partial charge in [0.2, 0.25) is 0 Å². The average Bonchev–Trinajstić information content (AvgIpc) is 3.45. The molecule has 18 heteroatoms. The third-order valence-electron chi connectivity index (χ3n) is 7.79. The monoisotopic (exact) mass is 682 g/mol. The standard InChI is InChI=1S/C29H35F4N8O5P/c1-3-45-47(43,46-4-2)16-44-23-10-19(30)18(9-20(23)31)21-8-17(12-41-15-39-24-27(34)37-14-38-28(24)41)22(11-36-21)40-7-5-6-29(35,13-40)25(42)26(32)33/h8-11,14-15,25-26,42H,3-7,12-13,16,35H2,1-2H3,(H2,34,37,38)/t25-,29-/m1/s1. The number of ether oxygens (including phenoxy) is 1. The van der Waals surface area contributed by atoms with Crippen molar-refractivity contribution in [3.8, 4) is 17.0 Å². The van der Waals surface area contributed by atoms with Crippen LogP contribution in [0.25, 0.3) is 22.4 Å². The number of aliphatic hydroxyl groups excluding tert-OH is 1. The summed E-state index contributed by atoms with van der Waals surface area (Å²) in [6.07, 6.45) is -0.995. The van der Waals surface area contributed by atoms with Gasteiger partial charge in [-0.1, -0.05) is 0 Å². The fraction of sp³-hybridized carbons (Fsp3) is 0.448. The molecule has 0 bridgehead atoms. The number of nitrogen functional groups attached to an aromatic ring is 1. The molecular weight excluding hydrogens is 647 g/mol. The number of benzene rings is 1. The first-order valence-electron chi connectivity index (χ1n) is 14.8. The molecule has 1 aromatic carbocycles. The van der Waals surface area contributed by atoms with E-state index in [1.165, 1.54) is 24.9 Å². The summed E-state index contributed by atoms with van der Waals surface area (Å²) in [6, 6.07) is 3.23. The Hall–Kier alpha value is -3.89. The van der Waals surface area contributed by atoms with Crippen LogP contribution in [-0.4, -0.2) is 80.3 Å². The Kier molecular flexibility index (Phi) is 10.3. The van der Waals surface area contributed by atoms with E-state index in [1.54, 1.807) is 23.3 Å². The zero-order valence-electron chi connectivity index (χ0n) is 25.7. The van der Waals surface area contributed by atoms with Crippen molar-refractivity contribution in [2.45, 2.75) is 51.3 Å². The second kappa shape index (κ2) is 14.1. The van der Waals surface area contributed by atoms with Crippen molar-refractivity contribution in [2.24, 2.45) is 5.73 Å². The van der Waals surface area contributed by atoms with Gasteiger partial charge in [-0.3, -0.25) is 9.55 Å². The quantitative estimate of drug-likeness (QED) is 0.135. The lowest BCUT2D eigenvalue weighted by Gasteiger charge is -2.44. The van der Waals surface area contributed by atoms with Gasteiger partial charge in [0.25, 0.3) is 6.43 Å². The fourth-order valence-corrected chi connectivity index (χ4v) is 6.85. The molecule has 1 aliphatic heterocycles. The molecule has 1 fully saturated rings. The Bertz CT molecular complexity index is 1770. The molecule has 4 heterocycles. The first-order valence-corrected chi connectivity index (χ1v) is 16.5. The van der Waals surface area contributed by atoms with Crippen molar-refractivity contribution < 1.29 is 41.0 Å². The first-order chi connectivity index (χ1) is 22.4. The van der Waals surface area contributed by atoms with Crippen LogP contribution in [0, 0.1) is 11.6 Å². The Morgan fingerprint density at radius 1 is 1.09 bits per heavy atom. The summed E-state index contributed by atoms with van der Waals surface area (Å²) >= 11 is 0. The molecule has 5 N–H and O–H groups in total. The second-order valence-corrected chi connectivity index (χ2v) is 13.0. The predicted molar refractivity (Wildman–Crippen MR) is 165 cm³/mol. The molecule has 47 heavy (non-hydrogen) atoms. The molecule has 0 unspecified atom stereocenters. The lowest BCUT2D eigenvalue weighted by atomic mass is 9.84. The second-order valence-electron chi connectivity index (χ2n) is 11.0. The highest BCUT2D eigenvalue weighted by Gasteiger charge is 2.43. The topological polar surface area (TPSA) is 177 Å². The van der Waals surface area contributed by atoms with E-state index in [2.05, 4.69) is 19.9 Å². The van der Waals surface area contributed by atoms with Crippen molar-refractivity contribution in [1.29, 1.82) is 0 Å². The number of hydrogen-bond acceptors (Lipinski definition) is 12. The predicted octanol–water partition coefficient (Wildman–Crippen LogP) is 4.32. The van der Waals surface area contributed by atoms with Gasteiger partial charge < -0.3 is 39.8 Å². The van der Waals surface area contributed by atoms with Gasteiger partial charge in [0.1, 0.15) is 23.8 Å². The molecule has 0 radical (unpaired) electrons. The van der Waals surface area contributed by atoms with Crippen LogP contribution in [0.3, 0.4) is 0 Å². The molecule has 254 valence electrons. The fourth-order valence-electron chi connectivity index (χ4n) is 5.55. The van der Waals surface area contributed by atoms with Gasteiger partial charge in [-0.2, -0.15) is 0 Å². The van der Waals surface area contributed by atoms with Crippen molar-refractivity contribution in [3.05, 3.63) is 54.2 Å². The summed E-state index contributed by atoms with van der Waals surface area (Å²) in [5, 5.41) is 10.2. The molecule has 4 aromatic rings. The molecule has 0 aliphatic carbocycles. The van der Waals surface area contributed by atoms with Gasteiger partial charge in [-0.15, -0.1) is 0 Å². The van der Waals surface area contributed by atoms with E-state index in [4.69, 9.17) is 25.3 Å². The van der Waals surface area contributed by atoms with Crippen LogP contribution in [0.2, 0.25) is 0 Å². The highest BCUT2D eigenvalue weighted by molar-refractivity contribution is 7.53. The molecule has 1 saturated heterocycles. The van der Waals surface area contributed by atoms with Crippen LogP contribution in [0.4, 0.5) is 29.1 Å². The maximum absolute atomic E-state index is 15.5. The summed E-state index contributed by atoms with van der Waals surface area (Å²) < 4.78 is 87.8. The lowest BCUT2D eigenvalue weighted by Crippen LogP contribution is -2.63. The number of nitrogens with two attached hydrogens (primary N) is 2. The van der Waals surface area contributed by atoms with E-state index in [9.17, 15) is 18.5 Å². The minimum absolute atomic E-state index is 0.0446. The number of rotatable bonds is 13. The third kappa shape index (κ3) is 7.33. The van der Waals surface area contributed by atoms with Crippen molar-refractivity contribution in [2.75, 3.05) is 43.3 Å². The minimum atomic E-state index is -3.70. The SMILES string of the molecule is CCOP(=O)(COc1cc(F)c(-c2cc(Cn3cnc4c(N)ncnc43)c(N3CCC[C@](N)([C@H](O)C(F)F)C3)cn2)cc1F)OCC. The van der Waals surface area contributed by atoms with Gasteiger partial charge >= 0.3 is 7.60 Å². The van der Waals surface area contributed by atoms with Crippen LogP contribution in [0.5, 0.6) is 5.75 Å². The van der Waals surface area contributed by atoms with E-state index in [-0.39, 0.29) is 49.8 Å². The first kappa shape index (κ1) is 34.4. The van der Waals surface area contributed by atoms with Crippen LogP contribution in [0.1, 0.15) is 32.3 Å². The van der Waals surface area contributed by atoms with E-state index in [1.807, 2.05) is 0 Å². The Morgan fingerprint density at radius 2 is 1.83 bits per heavy atom. The molecule has 1 aliphatic rings. The van der Waals surface area contributed by atoms with Crippen molar-refractivity contribution >= 4 is 30.3 Å². The minimum Gasteiger partial charge on any atom is -0.478 e. The van der Waals surface area contributed by atoms with Crippen LogP contribution in [0.15, 0.2) is 37.1 Å². The number of halogens is 4. The summed E-state index contributed by atoms with van der Waals surface area (Å²) in [5.74, 6) is -2.18. The third-order valence-corrected chi connectivity index (χ3v) is 9.54. The van der Waals surface area contributed by atoms with E-state index in [0.29, 0.717) is 35.4 Å². The molecule has 0 amide bonds. The maximum atomic E-state index is 15.5. The molecule has 3 aromatic heterocycles. The summed E-state index contributed by atoms with van der Waals surface area (Å²) in [4.78, 5) is 18.6. The number of fused-ring (bicyclic) bond motifs is 1. The number of aromatic nitrogens is 5. The summed E-state index contributed by atoms with van der Waals surface area (Å²) in [5.41, 5.74) is 12.2. The van der Waals surface area contributed by atoms with Crippen LogP contribution in [-0.2, 0) is 20.2 Å². The largest absolute Gasteiger partial charge is 0.478 e. The Morgan fingerprint density at radius 3 is 2.53 bits per heavy atom. The molecular formula is C29H35F4N8O5P. The number of anilines is 2. The van der Waals surface area contributed by atoms with Gasteiger partial charge in [0.05, 0.1) is 49.2 Å². The summed E-state index contributed by atoms with van der Waals surface area (Å²) in [6.45, 7) is 3.71. The zero-order chi connectivity index (χ0) is 33.9.